The summed E-state index contributed by atoms with van der Waals surface area (Å²) in [5, 5.41) is 15.0. The Kier molecular flexibility index (Phi) is 3.94. The number of aromatic nitrogens is 1. The summed E-state index contributed by atoms with van der Waals surface area (Å²) in [7, 11) is 0. The van der Waals surface area contributed by atoms with Crippen LogP contribution in [0.1, 0.15) is 49.5 Å². The summed E-state index contributed by atoms with van der Waals surface area (Å²) in [4.78, 5) is 36.6. The van der Waals surface area contributed by atoms with Crippen molar-refractivity contribution in [2.24, 2.45) is 5.92 Å². The lowest BCUT2D eigenvalue weighted by molar-refractivity contribution is -0.117. The van der Waals surface area contributed by atoms with Crippen molar-refractivity contribution >= 4 is 34.2 Å². The molecular weight excluding hydrogens is 353 g/mol. The quantitative estimate of drug-likeness (QED) is 0.765. The number of halogens is 1. The van der Waals surface area contributed by atoms with Crippen LogP contribution in [-0.2, 0) is 4.79 Å². The molecule has 2 aromatic rings. The molecule has 4 rings (SSSR count). The van der Waals surface area contributed by atoms with Crippen LogP contribution in [-0.4, -0.2) is 27.6 Å². The van der Waals surface area contributed by atoms with Gasteiger partial charge in [-0.1, -0.05) is 13.8 Å². The second-order valence-corrected chi connectivity index (χ2v) is 7.64. The van der Waals surface area contributed by atoms with Gasteiger partial charge < -0.3 is 20.3 Å². The Morgan fingerprint density at radius 1 is 1.33 bits per heavy atom. The molecule has 1 aliphatic carbocycles. The number of carboxylic acid groups (broad SMARTS) is 1. The molecule has 7 nitrogen and oxygen atoms in total. The highest BCUT2D eigenvalue weighted by Crippen LogP contribution is 2.42. The van der Waals surface area contributed by atoms with E-state index in [4.69, 9.17) is 0 Å². The molecule has 1 unspecified atom stereocenters. The Labute approximate surface area is 154 Å². The fourth-order valence-electron chi connectivity index (χ4n) is 3.63. The van der Waals surface area contributed by atoms with E-state index in [2.05, 4.69) is 10.6 Å². The maximum atomic E-state index is 14.8. The lowest BCUT2D eigenvalue weighted by atomic mass is 9.99. The number of anilines is 2. The smallest absolute Gasteiger partial charge is 0.341 e. The molecule has 0 spiro atoms. The number of benzene rings is 1. The second-order valence-electron chi connectivity index (χ2n) is 7.64. The largest absolute Gasteiger partial charge is 0.477 e. The molecule has 1 atom stereocenters. The molecule has 0 bridgehead atoms. The lowest BCUT2D eigenvalue weighted by Crippen LogP contribution is -2.40. The maximum Gasteiger partial charge on any atom is 0.341 e. The zero-order chi connectivity index (χ0) is 19.5. The molecule has 1 aliphatic heterocycles. The minimum atomic E-state index is -1.35. The van der Waals surface area contributed by atoms with Gasteiger partial charge in [0.15, 0.2) is 0 Å². The molecule has 1 amide bonds. The van der Waals surface area contributed by atoms with E-state index in [-0.39, 0.29) is 34.6 Å². The lowest BCUT2D eigenvalue weighted by Gasteiger charge is -2.30. The fraction of sp³-hybridized carbons (Fsp3) is 0.421. The average molecular weight is 373 g/mol. The molecule has 0 radical (unpaired) electrons. The van der Waals surface area contributed by atoms with Crippen molar-refractivity contribution in [3.63, 3.8) is 0 Å². The Bertz CT molecular complexity index is 1040. The monoisotopic (exact) mass is 373 g/mol. The summed E-state index contributed by atoms with van der Waals surface area (Å²) >= 11 is 0. The average Bonchev–Trinajstić information content (AvgIpc) is 3.41. The Morgan fingerprint density at radius 2 is 2.04 bits per heavy atom. The molecule has 1 saturated carbocycles. The Hall–Kier alpha value is -2.90. The molecule has 2 heterocycles. The maximum absolute atomic E-state index is 14.8. The number of carboxylic acids is 1. The topological polar surface area (TPSA) is 100 Å². The minimum Gasteiger partial charge on any atom is -0.477 e. The van der Waals surface area contributed by atoms with Crippen LogP contribution in [0.4, 0.5) is 15.8 Å². The summed E-state index contributed by atoms with van der Waals surface area (Å²) in [6.45, 7) is 3.94. The van der Waals surface area contributed by atoms with Crippen molar-refractivity contribution < 1.29 is 19.1 Å². The number of rotatable bonds is 4. The third-order valence-corrected chi connectivity index (χ3v) is 5.03. The van der Waals surface area contributed by atoms with E-state index in [0.29, 0.717) is 11.9 Å². The van der Waals surface area contributed by atoms with Gasteiger partial charge in [0.1, 0.15) is 17.4 Å². The van der Waals surface area contributed by atoms with Gasteiger partial charge in [-0.2, -0.15) is 0 Å². The number of pyridine rings is 1. The van der Waals surface area contributed by atoms with Gasteiger partial charge in [0.2, 0.25) is 11.3 Å². The van der Waals surface area contributed by atoms with Crippen LogP contribution in [0, 0.1) is 11.7 Å². The van der Waals surface area contributed by atoms with Gasteiger partial charge in [-0.25, -0.2) is 9.18 Å². The Balaban J connectivity index is 1.98. The predicted molar refractivity (Wildman–Crippen MR) is 98.9 cm³/mol. The number of aromatic carboxylic acids is 1. The van der Waals surface area contributed by atoms with Crippen molar-refractivity contribution in [2.75, 3.05) is 10.6 Å². The first-order chi connectivity index (χ1) is 12.8. The van der Waals surface area contributed by atoms with Gasteiger partial charge in [-0.05, 0) is 31.2 Å². The number of carbonyl (C=O) groups excluding carboxylic acids is 1. The first kappa shape index (κ1) is 17.5. The molecule has 3 N–H and O–H groups in total. The van der Waals surface area contributed by atoms with Gasteiger partial charge in [0.25, 0.3) is 0 Å². The van der Waals surface area contributed by atoms with Crippen molar-refractivity contribution in [3.8, 4) is 0 Å². The number of nitrogens with zero attached hydrogens (tertiary/aromatic N) is 1. The summed E-state index contributed by atoms with van der Waals surface area (Å²) in [6, 6.07) is 0.536. The molecule has 27 heavy (non-hydrogen) atoms. The summed E-state index contributed by atoms with van der Waals surface area (Å²) < 4.78 is 16.5. The normalized spacial score (nSPS) is 19.0. The van der Waals surface area contributed by atoms with Crippen LogP contribution >= 0.6 is 0 Å². The number of hydrogen-bond donors (Lipinski definition) is 3. The van der Waals surface area contributed by atoms with E-state index in [1.54, 1.807) is 4.57 Å². The zero-order valence-electron chi connectivity index (χ0n) is 15.0. The highest BCUT2D eigenvalue weighted by atomic mass is 19.1. The van der Waals surface area contributed by atoms with Crippen molar-refractivity contribution in [2.45, 2.75) is 45.2 Å². The highest BCUT2D eigenvalue weighted by Gasteiger charge is 2.34. The fourth-order valence-corrected chi connectivity index (χ4v) is 3.63. The van der Waals surface area contributed by atoms with Crippen molar-refractivity contribution in [1.82, 2.24) is 4.57 Å². The van der Waals surface area contributed by atoms with Gasteiger partial charge in [0, 0.05) is 12.2 Å². The van der Waals surface area contributed by atoms with E-state index in [0.717, 1.165) is 18.9 Å². The van der Waals surface area contributed by atoms with Crippen LogP contribution in [0.5, 0.6) is 0 Å². The van der Waals surface area contributed by atoms with Crippen LogP contribution in [0.15, 0.2) is 17.1 Å². The van der Waals surface area contributed by atoms with Crippen LogP contribution in [0.25, 0.3) is 10.9 Å². The van der Waals surface area contributed by atoms with E-state index < -0.39 is 28.8 Å². The molecule has 142 valence electrons. The third kappa shape index (κ3) is 2.85. The van der Waals surface area contributed by atoms with Crippen LogP contribution in [0.3, 0.4) is 0 Å². The van der Waals surface area contributed by atoms with Gasteiger partial charge >= 0.3 is 5.97 Å². The Morgan fingerprint density at radius 3 is 2.63 bits per heavy atom. The van der Waals surface area contributed by atoms with E-state index in [1.807, 2.05) is 13.8 Å². The SMILES string of the molecule is CC(C)CC1Nc2c(F)cc3c(=O)c(C(=O)O)cn(C4CC4)c3c2NC1=O. The van der Waals surface area contributed by atoms with E-state index in [9.17, 15) is 23.9 Å². The van der Waals surface area contributed by atoms with Crippen molar-refractivity contribution in [3.05, 3.63) is 33.9 Å². The minimum absolute atomic E-state index is 0.0334. The number of fused-ring (bicyclic) bond motifs is 3. The number of nitrogens with one attached hydrogen (secondary N) is 2. The third-order valence-electron chi connectivity index (χ3n) is 5.03. The first-order valence-electron chi connectivity index (χ1n) is 9.00. The number of carbonyl (C=O) groups is 2. The molecule has 1 fully saturated rings. The molecular formula is C19H20FN3O4. The standard InChI is InChI=1S/C19H20FN3O4/c1-8(2)5-13-18(25)22-15-14(21-13)12(20)6-10-16(15)23(9-3-4-9)7-11(17(10)24)19(26)27/h6-9,13,21H,3-5H2,1-2H3,(H,22,25)(H,26,27). The second kappa shape index (κ2) is 6.07. The van der Waals surface area contributed by atoms with Crippen LogP contribution in [0.2, 0.25) is 0 Å². The molecule has 2 aliphatic rings. The highest BCUT2D eigenvalue weighted by molar-refractivity contribution is 6.11. The molecule has 1 aromatic carbocycles. The van der Waals surface area contributed by atoms with Crippen molar-refractivity contribution in [1.29, 1.82) is 0 Å². The molecule has 0 saturated heterocycles. The predicted octanol–water partition coefficient (Wildman–Crippen LogP) is 2.95. The molecule has 1 aromatic heterocycles. The zero-order valence-corrected chi connectivity index (χ0v) is 15.0. The summed E-state index contributed by atoms with van der Waals surface area (Å²) in [5.74, 6) is -2.09. The number of hydrogen-bond acceptors (Lipinski definition) is 4. The summed E-state index contributed by atoms with van der Waals surface area (Å²) in [5.41, 5.74) is -0.440. The summed E-state index contributed by atoms with van der Waals surface area (Å²) in [6.07, 6.45) is 3.51. The van der Waals surface area contributed by atoms with Gasteiger partial charge in [-0.15, -0.1) is 0 Å². The number of amides is 1. The van der Waals surface area contributed by atoms with Gasteiger partial charge in [0.05, 0.1) is 22.3 Å². The van der Waals surface area contributed by atoms with Gasteiger partial charge in [-0.3, -0.25) is 9.59 Å². The van der Waals surface area contributed by atoms with E-state index >= 15 is 0 Å². The van der Waals surface area contributed by atoms with Crippen LogP contribution < -0.4 is 16.1 Å². The molecule has 8 heteroatoms. The first-order valence-corrected chi connectivity index (χ1v) is 9.00. The van der Waals surface area contributed by atoms with E-state index in [1.165, 1.54) is 6.20 Å².